The van der Waals surface area contributed by atoms with E-state index >= 15 is 0 Å². The highest BCUT2D eigenvalue weighted by molar-refractivity contribution is 14.1. The summed E-state index contributed by atoms with van der Waals surface area (Å²) in [5, 5.41) is 5.13. The van der Waals surface area contributed by atoms with Crippen molar-refractivity contribution < 1.29 is 19.0 Å². The van der Waals surface area contributed by atoms with Gasteiger partial charge < -0.3 is 14.2 Å². The normalized spacial score (nSPS) is 12.2. The van der Waals surface area contributed by atoms with Gasteiger partial charge in [0, 0.05) is 5.56 Å². The van der Waals surface area contributed by atoms with E-state index in [1.165, 1.54) is 11.8 Å². The molecule has 0 radical (unpaired) electrons. The summed E-state index contributed by atoms with van der Waals surface area (Å²) in [7, 11) is 1.33. The van der Waals surface area contributed by atoms with Gasteiger partial charge in [0.1, 0.15) is 11.5 Å². The quantitative estimate of drug-likeness (QED) is 0.104. The van der Waals surface area contributed by atoms with Crippen LogP contribution in [0.5, 0.6) is 11.5 Å². The van der Waals surface area contributed by atoms with E-state index in [4.69, 9.17) is 19.2 Å². The minimum absolute atomic E-state index is 0.201. The molecule has 0 bridgehead atoms. The highest BCUT2D eigenvalue weighted by Gasteiger charge is 2.20. The van der Waals surface area contributed by atoms with Crippen molar-refractivity contribution in [1.82, 2.24) is 9.66 Å². The predicted octanol–water partition coefficient (Wildman–Crippen LogP) is 6.93. The number of esters is 1. The molecule has 0 saturated heterocycles. The van der Waals surface area contributed by atoms with Gasteiger partial charge in [-0.25, -0.2) is 9.78 Å². The molecule has 0 N–H and O–H groups in total. The number of aryl methyl sites for hydroxylation is 1. The molecule has 41 heavy (non-hydrogen) atoms. The van der Waals surface area contributed by atoms with E-state index in [1.807, 2.05) is 56.3 Å². The average Bonchev–Trinajstić information content (AvgIpc) is 2.94. The van der Waals surface area contributed by atoms with Crippen LogP contribution in [0.3, 0.4) is 0 Å². The Bertz CT molecular complexity index is 1670. The summed E-state index contributed by atoms with van der Waals surface area (Å²) in [6.07, 6.45) is 0.881. The second-order valence-electron chi connectivity index (χ2n) is 9.70. The smallest absolute Gasteiger partial charge is 0.346 e. The first-order chi connectivity index (χ1) is 19.5. The third kappa shape index (κ3) is 6.74. The molecular weight excluding hydrogens is 748 g/mol. The van der Waals surface area contributed by atoms with Crippen LogP contribution >= 0.6 is 45.2 Å². The average molecular weight is 779 g/mol. The van der Waals surface area contributed by atoms with E-state index in [-0.39, 0.29) is 11.5 Å². The first-order valence-corrected chi connectivity index (χ1v) is 15.3. The van der Waals surface area contributed by atoms with E-state index in [0.717, 1.165) is 35.1 Å². The lowest BCUT2D eigenvalue weighted by atomic mass is 9.96. The molecule has 10 heteroatoms. The molecule has 0 unspecified atom stereocenters. The van der Waals surface area contributed by atoms with Crippen molar-refractivity contribution in [3.63, 3.8) is 0 Å². The Kier molecular flexibility index (Phi) is 10.1. The van der Waals surface area contributed by atoms with Gasteiger partial charge in [-0.05, 0) is 125 Å². The monoisotopic (exact) mass is 779 g/mol. The Hall–Kier alpha value is -3.00. The SMILES string of the molecule is CCOc1cc(C)c(-c2nc3ccccc3c(=O)n2N=Cc2cc(I)c(O[C@@H](C)C(=O)OC)c(I)c2)cc1C(C)C. The van der Waals surface area contributed by atoms with Gasteiger partial charge in [-0.15, -0.1) is 0 Å². The van der Waals surface area contributed by atoms with Crippen LogP contribution in [0.25, 0.3) is 22.3 Å². The van der Waals surface area contributed by atoms with E-state index < -0.39 is 12.1 Å². The van der Waals surface area contributed by atoms with Gasteiger partial charge >= 0.3 is 5.97 Å². The highest BCUT2D eigenvalue weighted by atomic mass is 127. The second-order valence-corrected chi connectivity index (χ2v) is 12.0. The topological polar surface area (TPSA) is 92.0 Å². The largest absolute Gasteiger partial charge is 0.494 e. The molecule has 1 atom stereocenters. The van der Waals surface area contributed by atoms with Gasteiger partial charge in [0.05, 0.1) is 38.0 Å². The fourth-order valence-electron chi connectivity index (χ4n) is 4.36. The minimum Gasteiger partial charge on any atom is -0.494 e. The molecular formula is C31H31I2N3O5. The summed E-state index contributed by atoms with van der Waals surface area (Å²) in [5.74, 6) is 1.60. The van der Waals surface area contributed by atoms with Crippen molar-refractivity contribution >= 4 is 68.3 Å². The Balaban J connectivity index is 1.86. The number of rotatable bonds is 9. The van der Waals surface area contributed by atoms with Crippen LogP contribution in [0.1, 0.15) is 50.3 Å². The van der Waals surface area contributed by atoms with Crippen LogP contribution in [0.2, 0.25) is 0 Å². The maximum Gasteiger partial charge on any atom is 0.346 e. The van der Waals surface area contributed by atoms with Crippen LogP contribution < -0.4 is 15.0 Å². The molecule has 0 saturated carbocycles. The zero-order chi connectivity index (χ0) is 29.8. The van der Waals surface area contributed by atoms with Gasteiger partial charge in [0.2, 0.25) is 0 Å². The number of halogens is 2. The van der Waals surface area contributed by atoms with Crippen molar-refractivity contribution in [3.8, 4) is 22.9 Å². The van der Waals surface area contributed by atoms with Gasteiger partial charge in [-0.3, -0.25) is 4.79 Å². The number of ether oxygens (including phenoxy) is 3. The summed E-state index contributed by atoms with van der Waals surface area (Å²) in [4.78, 5) is 30.5. The molecule has 4 rings (SSSR count). The Morgan fingerprint density at radius 2 is 1.78 bits per heavy atom. The third-order valence-electron chi connectivity index (χ3n) is 6.44. The number of nitrogens with zero attached hydrogens (tertiary/aromatic N) is 3. The first-order valence-electron chi connectivity index (χ1n) is 13.1. The molecule has 0 amide bonds. The number of benzene rings is 3. The number of para-hydroxylation sites is 1. The maximum atomic E-state index is 13.8. The summed E-state index contributed by atoms with van der Waals surface area (Å²) in [5.41, 5.74) is 3.86. The van der Waals surface area contributed by atoms with Crippen LogP contribution in [-0.2, 0) is 9.53 Å². The Morgan fingerprint density at radius 1 is 1.10 bits per heavy atom. The first kappa shape index (κ1) is 30.9. The predicted molar refractivity (Wildman–Crippen MR) is 178 cm³/mol. The van der Waals surface area contributed by atoms with E-state index in [2.05, 4.69) is 64.1 Å². The molecule has 0 aliphatic heterocycles. The van der Waals surface area contributed by atoms with Crippen molar-refractivity contribution in [2.45, 2.75) is 46.6 Å². The summed E-state index contributed by atoms with van der Waals surface area (Å²) in [6.45, 7) is 10.4. The lowest BCUT2D eigenvalue weighted by Crippen LogP contribution is -2.25. The second kappa shape index (κ2) is 13.3. The molecule has 1 heterocycles. The number of methoxy groups -OCH3 is 1. The van der Waals surface area contributed by atoms with E-state index in [1.54, 1.807) is 19.2 Å². The molecule has 214 valence electrons. The number of fused-ring (bicyclic) bond motifs is 1. The number of hydrogen-bond acceptors (Lipinski definition) is 7. The van der Waals surface area contributed by atoms with Gasteiger partial charge in [-0.2, -0.15) is 9.78 Å². The molecule has 0 fully saturated rings. The fraction of sp³-hybridized carbons (Fsp3) is 0.290. The number of carbonyl (C=O) groups is 1. The molecule has 3 aromatic carbocycles. The van der Waals surface area contributed by atoms with Gasteiger partial charge in [-0.1, -0.05) is 26.0 Å². The summed E-state index contributed by atoms with van der Waals surface area (Å²) in [6, 6.07) is 15.1. The standard InChI is InChI=1S/C31H31I2N3O5/c1-7-40-27-12-18(4)23(15-22(27)17(2)3)29-35-26-11-9-8-10-21(26)30(37)36(29)34-16-20-13-24(32)28(25(33)14-20)41-19(5)31(38)39-6/h8-17,19H,7H2,1-6H3/t19-/m0/s1. The van der Waals surface area contributed by atoms with Crippen LogP contribution in [-0.4, -0.2) is 41.7 Å². The zero-order valence-corrected chi connectivity index (χ0v) is 28.0. The Morgan fingerprint density at radius 3 is 2.41 bits per heavy atom. The summed E-state index contributed by atoms with van der Waals surface area (Å²) >= 11 is 4.31. The van der Waals surface area contributed by atoms with Crippen LogP contribution in [0.4, 0.5) is 0 Å². The van der Waals surface area contributed by atoms with Gasteiger partial charge in [0.15, 0.2) is 11.9 Å². The molecule has 0 aliphatic carbocycles. The minimum atomic E-state index is -0.751. The van der Waals surface area contributed by atoms with Crippen LogP contribution in [0.15, 0.2) is 58.4 Å². The fourth-order valence-corrected chi connectivity index (χ4v) is 6.43. The Labute approximate surface area is 266 Å². The molecule has 1 aromatic heterocycles. The van der Waals surface area contributed by atoms with Crippen molar-refractivity contribution in [2.75, 3.05) is 13.7 Å². The lowest BCUT2D eigenvalue weighted by Gasteiger charge is -2.18. The number of carbonyl (C=O) groups excluding carboxylic acids is 1. The molecule has 8 nitrogen and oxygen atoms in total. The van der Waals surface area contributed by atoms with E-state index in [9.17, 15) is 9.59 Å². The zero-order valence-electron chi connectivity index (χ0n) is 23.7. The maximum absolute atomic E-state index is 13.8. The van der Waals surface area contributed by atoms with Crippen LogP contribution in [0, 0.1) is 14.1 Å². The molecule has 4 aromatic rings. The molecule has 0 spiro atoms. The lowest BCUT2D eigenvalue weighted by molar-refractivity contribution is -0.147. The highest BCUT2D eigenvalue weighted by Crippen LogP contribution is 2.34. The third-order valence-corrected chi connectivity index (χ3v) is 8.05. The molecule has 0 aliphatic rings. The van der Waals surface area contributed by atoms with E-state index in [0.29, 0.717) is 29.1 Å². The van der Waals surface area contributed by atoms with Crippen molar-refractivity contribution in [2.24, 2.45) is 5.10 Å². The van der Waals surface area contributed by atoms with Crippen molar-refractivity contribution in [3.05, 3.63) is 82.7 Å². The number of aromatic nitrogens is 2. The van der Waals surface area contributed by atoms with Crippen molar-refractivity contribution in [1.29, 1.82) is 0 Å². The van der Waals surface area contributed by atoms with Gasteiger partial charge in [0.25, 0.3) is 5.56 Å². The number of hydrogen-bond donors (Lipinski definition) is 0. The summed E-state index contributed by atoms with van der Waals surface area (Å²) < 4.78 is 19.5.